The summed E-state index contributed by atoms with van der Waals surface area (Å²) in [4.78, 5) is 0. The smallest absolute Gasteiger partial charge is 0.151 e. The number of anilines is 2. The van der Waals surface area contributed by atoms with Gasteiger partial charge in [0.25, 0.3) is 0 Å². The van der Waals surface area contributed by atoms with Crippen molar-refractivity contribution in [3.05, 3.63) is 23.3 Å². The number of halogens is 2. The van der Waals surface area contributed by atoms with Crippen LogP contribution in [0.2, 0.25) is 0 Å². The van der Waals surface area contributed by atoms with Gasteiger partial charge in [0.2, 0.25) is 0 Å². The van der Waals surface area contributed by atoms with E-state index in [4.69, 9.17) is 16.2 Å². The van der Waals surface area contributed by atoms with Gasteiger partial charge in [0.05, 0.1) is 11.4 Å². The molecule has 1 aliphatic heterocycles. The van der Waals surface area contributed by atoms with E-state index in [0.717, 1.165) is 6.07 Å². The minimum absolute atomic E-state index is 0.0360. The summed E-state index contributed by atoms with van der Waals surface area (Å²) in [7, 11) is 0. The van der Waals surface area contributed by atoms with Crippen LogP contribution in [-0.4, -0.2) is 13.2 Å². The molecule has 0 spiro atoms. The molecule has 1 aliphatic rings. The van der Waals surface area contributed by atoms with Gasteiger partial charge in [-0.25, -0.2) is 8.78 Å². The Balaban J connectivity index is 2.40. The van der Waals surface area contributed by atoms with Crippen molar-refractivity contribution in [3.8, 4) is 0 Å². The molecule has 4 N–H and O–H groups in total. The lowest BCUT2D eigenvalue weighted by Gasteiger charge is -2.23. The van der Waals surface area contributed by atoms with Crippen molar-refractivity contribution in [3.63, 3.8) is 0 Å². The van der Waals surface area contributed by atoms with Crippen LogP contribution in [0.4, 0.5) is 20.2 Å². The van der Waals surface area contributed by atoms with Gasteiger partial charge in [-0.05, 0) is 30.4 Å². The highest BCUT2D eigenvalue weighted by atomic mass is 19.1. The van der Waals surface area contributed by atoms with Crippen LogP contribution in [0.1, 0.15) is 24.3 Å². The van der Waals surface area contributed by atoms with Crippen molar-refractivity contribution in [2.75, 3.05) is 24.7 Å². The van der Waals surface area contributed by atoms with Crippen LogP contribution in [-0.2, 0) is 4.74 Å². The van der Waals surface area contributed by atoms with Crippen molar-refractivity contribution in [2.24, 2.45) is 0 Å². The van der Waals surface area contributed by atoms with Gasteiger partial charge in [0.15, 0.2) is 5.82 Å². The Labute approximate surface area is 92.4 Å². The van der Waals surface area contributed by atoms with Crippen LogP contribution in [0.25, 0.3) is 0 Å². The summed E-state index contributed by atoms with van der Waals surface area (Å²) >= 11 is 0. The van der Waals surface area contributed by atoms with Crippen molar-refractivity contribution < 1.29 is 13.5 Å². The van der Waals surface area contributed by atoms with Gasteiger partial charge >= 0.3 is 0 Å². The van der Waals surface area contributed by atoms with Gasteiger partial charge in [-0.1, -0.05) is 0 Å². The molecule has 0 bridgehead atoms. The highest BCUT2D eigenvalue weighted by Gasteiger charge is 2.23. The van der Waals surface area contributed by atoms with Gasteiger partial charge in [0, 0.05) is 13.2 Å². The zero-order chi connectivity index (χ0) is 11.7. The van der Waals surface area contributed by atoms with Gasteiger partial charge < -0.3 is 16.2 Å². The third-order valence-corrected chi connectivity index (χ3v) is 2.98. The van der Waals surface area contributed by atoms with Crippen molar-refractivity contribution in [2.45, 2.75) is 18.8 Å². The Morgan fingerprint density at radius 3 is 2.38 bits per heavy atom. The van der Waals surface area contributed by atoms with E-state index in [-0.39, 0.29) is 17.3 Å². The molecule has 88 valence electrons. The average molecular weight is 228 g/mol. The minimum atomic E-state index is -0.652. The summed E-state index contributed by atoms with van der Waals surface area (Å²) < 4.78 is 32.4. The van der Waals surface area contributed by atoms with E-state index >= 15 is 0 Å². The number of hydrogen-bond acceptors (Lipinski definition) is 3. The number of hydrogen-bond donors (Lipinski definition) is 2. The van der Waals surface area contributed by atoms with E-state index in [1.807, 2.05) is 0 Å². The first-order chi connectivity index (χ1) is 7.61. The molecule has 1 saturated heterocycles. The molecule has 5 heteroatoms. The van der Waals surface area contributed by atoms with E-state index in [1.165, 1.54) is 0 Å². The molecule has 0 aliphatic carbocycles. The number of nitrogens with two attached hydrogens (primary N) is 2. The molecule has 1 aromatic carbocycles. The number of nitrogen functional groups attached to an aromatic ring is 2. The van der Waals surface area contributed by atoms with E-state index in [2.05, 4.69) is 0 Å². The first kappa shape index (κ1) is 11.1. The van der Waals surface area contributed by atoms with Crippen LogP contribution in [0.5, 0.6) is 0 Å². The van der Waals surface area contributed by atoms with Crippen LogP contribution in [0, 0.1) is 11.6 Å². The molecular weight excluding hydrogens is 214 g/mol. The summed E-state index contributed by atoms with van der Waals surface area (Å²) in [5, 5.41) is 0. The van der Waals surface area contributed by atoms with Crippen LogP contribution in [0.3, 0.4) is 0 Å². The molecule has 1 fully saturated rings. The molecule has 2 rings (SSSR count). The maximum Gasteiger partial charge on any atom is 0.151 e. The van der Waals surface area contributed by atoms with Crippen LogP contribution < -0.4 is 11.5 Å². The summed E-state index contributed by atoms with van der Waals surface area (Å²) in [6.45, 7) is 1.13. The highest BCUT2D eigenvalue weighted by molar-refractivity contribution is 5.66. The molecule has 0 aromatic heterocycles. The molecule has 1 aromatic rings. The molecule has 0 saturated carbocycles. The Bertz CT molecular complexity index is 403. The topological polar surface area (TPSA) is 61.3 Å². The average Bonchev–Trinajstić information content (AvgIpc) is 2.32. The number of rotatable bonds is 1. The standard InChI is InChI=1S/C11H14F2N2O/c12-8-5-7(6-1-3-16-4-2-6)9(13)11(15)10(8)14/h5-6H,1-4,14-15H2. The second-order valence-electron chi connectivity index (χ2n) is 3.98. The molecule has 16 heavy (non-hydrogen) atoms. The van der Waals surface area contributed by atoms with Crippen molar-refractivity contribution in [1.29, 1.82) is 0 Å². The molecule has 3 nitrogen and oxygen atoms in total. The SMILES string of the molecule is Nc1c(F)cc(C2CCOCC2)c(F)c1N. The first-order valence-corrected chi connectivity index (χ1v) is 5.22. The number of benzene rings is 1. The van der Waals surface area contributed by atoms with Crippen molar-refractivity contribution in [1.82, 2.24) is 0 Å². The van der Waals surface area contributed by atoms with Crippen molar-refractivity contribution >= 4 is 11.4 Å². The molecule has 1 heterocycles. The molecule has 0 atom stereocenters. The van der Waals surface area contributed by atoms with Gasteiger partial charge in [0.1, 0.15) is 5.82 Å². The maximum atomic E-state index is 13.8. The fourth-order valence-corrected chi connectivity index (χ4v) is 1.99. The third kappa shape index (κ3) is 1.82. The van der Waals surface area contributed by atoms with Crippen LogP contribution >= 0.6 is 0 Å². The molecule has 0 unspecified atom stereocenters. The molecule has 0 radical (unpaired) electrons. The summed E-state index contributed by atoms with van der Waals surface area (Å²) in [6, 6.07) is 1.15. The maximum absolute atomic E-state index is 13.8. The Morgan fingerprint density at radius 2 is 1.75 bits per heavy atom. The summed E-state index contributed by atoms with van der Waals surface area (Å²) in [6.07, 6.45) is 1.36. The Morgan fingerprint density at radius 1 is 1.12 bits per heavy atom. The lowest BCUT2D eigenvalue weighted by atomic mass is 9.90. The van der Waals surface area contributed by atoms with E-state index in [0.29, 0.717) is 31.6 Å². The minimum Gasteiger partial charge on any atom is -0.395 e. The lowest BCUT2D eigenvalue weighted by molar-refractivity contribution is 0.0846. The fraction of sp³-hybridized carbons (Fsp3) is 0.455. The monoisotopic (exact) mass is 228 g/mol. The largest absolute Gasteiger partial charge is 0.395 e. The second kappa shape index (κ2) is 4.25. The van der Waals surface area contributed by atoms with Gasteiger partial charge in [-0.15, -0.1) is 0 Å². The lowest BCUT2D eigenvalue weighted by Crippen LogP contribution is -2.16. The Kier molecular flexibility index (Phi) is 2.96. The van der Waals surface area contributed by atoms with E-state index < -0.39 is 11.6 Å². The van der Waals surface area contributed by atoms with Crippen LogP contribution in [0.15, 0.2) is 6.07 Å². The van der Waals surface area contributed by atoms with E-state index in [1.54, 1.807) is 0 Å². The molecular formula is C11H14F2N2O. The zero-order valence-corrected chi connectivity index (χ0v) is 8.80. The predicted octanol–water partition coefficient (Wildman–Crippen LogP) is 2.02. The fourth-order valence-electron chi connectivity index (χ4n) is 1.99. The molecule has 0 amide bonds. The second-order valence-corrected chi connectivity index (χ2v) is 3.98. The first-order valence-electron chi connectivity index (χ1n) is 5.22. The number of ether oxygens (including phenoxy) is 1. The normalized spacial score (nSPS) is 17.6. The highest BCUT2D eigenvalue weighted by Crippen LogP contribution is 2.34. The van der Waals surface area contributed by atoms with Gasteiger partial charge in [-0.3, -0.25) is 0 Å². The quantitative estimate of drug-likeness (QED) is 0.723. The van der Waals surface area contributed by atoms with Gasteiger partial charge in [-0.2, -0.15) is 0 Å². The van der Waals surface area contributed by atoms with E-state index in [9.17, 15) is 8.78 Å². The summed E-state index contributed by atoms with van der Waals surface area (Å²) in [5.74, 6) is -1.28. The Hall–Kier alpha value is -1.36. The zero-order valence-electron chi connectivity index (χ0n) is 8.80. The summed E-state index contributed by atoms with van der Waals surface area (Å²) in [5.41, 5.74) is 10.4. The third-order valence-electron chi connectivity index (χ3n) is 2.98. The predicted molar refractivity (Wildman–Crippen MR) is 58.0 cm³/mol.